The SMILES string of the molecule is [CH3][Ge]([CH3])([CH3])[c]1ccc(CO)cc1. The van der Waals surface area contributed by atoms with E-state index in [9.17, 15) is 0 Å². The Kier molecular flexibility index (Phi) is 2.96. The summed E-state index contributed by atoms with van der Waals surface area (Å²) in [7, 11) is 0. The summed E-state index contributed by atoms with van der Waals surface area (Å²) in [6.07, 6.45) is 0. The third kappa shape index (κ3) is 2.36. The fourth-order valence-electron chi connectivity index (χ4n) is 1.11. The zero-order chi connectivity index (χ0) is 9.19. The quantitative estimate of drug-likeness (QED) is 0.759. The molecule has 0 saturated heterocycles. The summed E-state index contributed by atoms with van der Waals surface area (Å²) in [6, 6.07) is 8.36. The van der Waals surface area contributed by atoms with Crippen LogP contribution in [-0.4, -0.2) is 18.4 Å². The Morgan fingerprint density at radius 1 is 1.08 bits per heavy atom. The Morgan fingerprint density at radius 2 is 1.58 bits per heavy atom. The van der Waals surface area contributed by atoms with Gasteiger partial charge in [-0.05, 0) is 0 Å². The average molecular weight is 225 g/mol. The van der Waals surface area contributed by atoms with E-state index in [1.165, 1.54) is 4.40 Å². The van der Waals surface area contributed by atoms with Crippen molar-refractivity contribution >= 4 is 17.7 Å². The normalized spacial score (nSPS) is 11.7. The topological polar surface area (TPSA) is 20.2 Å². The monoisotopic (exact) mass is 226 g/mol. The summed E-state index contributed by atoms with van der Waals surface area (Å²) < 4.78 is 1.49. The molecule has 1 aromatic carbocycles. The van der Waals surface area contributed by atoms with Crippen LogP contribution in [0.4, 0.5) is 0 Å². The first-order valence-electron chi connectivity index (χ1n) is 4.24. The molecule has 0 amide bonds. The molecule has 0 heterocycles. The molecule has 0 aliphatic carbocycles. The number of benzene rings is 1. The molecular weight excluding hydrogens is 209 g/mol. The Labute approximate surface area is 76.8 Å². The molecule has 2 heteroatoms. The number of rotatable bonds is 2. The van der Waals surface area contributed by atoms with Crippen molar-refractivity contribution < 1.29 is 5.11 Å². The van der Waals surface area contributed by atoms with E-state index in [0.717, 1.165) is 5.56 Å². The van der Waals surface area contributed by atoms with Crippen LogP contribution in [0.3, 0.4) is 0 Å². The van der Waals surface area contributed by atoms with Gasteiger partial charge in [-0.3, -0.25) is 0 Å². The summed E-state index contributed by atoms with van der Waals surface area (Å²) in [4.78, 5) is 0. The summed E-state index contributed by atoms with van der Waals surface area (Å²) >= 11 is -1.62. The second kappa shape index (κ2) is 3.62. The number of hydrogen-bond donors (Lipinski definition) is 1. The van der Waals surface area contributed by atoms with Gasteiger partial charge in [0.25, 0.3) is 0 Å². The molecule has 0 atom stereocenters. The summed E-state index contributed by atoms with van der Waals surface area (Å²) in [5, 5.41) is 8.85. The molecule has 1 N–H and O–H groups in total. The summed E-state index contributed by atoms with van der Waals surface area (Å²) in [6.45, 7) is 0.150. The van der Waals surface area contributed by atoms with E-state index < -0.39 is 13.3 Å². The molecule has 0 spiro atoms. The van der Waals surface area contributed by atoms with Gasteiger partial charge in [-0.1, -0.05) is 0 Å². The van der Waals surface area contributed by atoms with Crippen LogP contribution in [0.25, 0.3) is 0 Å². The van der Waals surface area contributed by atoms with Crippen molar-refractivity contribution in [2.24, 2.45) is 0 Å². The van der Waals surface area contributed by atoms with Crippen LogP contribution in [0, 0.1) is 0 Å². The van der Waals surface area contributed by atoms with Crippen molar-refractivity contribution in [3.8, 4) is 0 Å². The van der Waals surface area contributed by atoms with E-state index in [0.29, 0.717) is 0 Å². The Bertz CT molecular complexity index is 246. The van der Waals surface area contributed by atoms with E-state index in [1.54, 1.807) is 0 Å². The second-order valence-electron chi connectivity index (χ2n) is 4.11. The number of aliphatic hydroxyl groups excluding tert-OH is 1. The molecule has 0 unspecified atom stereocenters. The van der Waals surface area contributed by atoms with Crippen molar-refractivity contribution in [1.82, 2.24) is 0 Å². The molecule has 0 fully saturated rings. The second-order valence-corrected chi connectivity index (χ2v) is 14.8. The minimum atomic E-state index is -1.62. The van der Waals surface area contributed by atoms with Gasteiger partial charge >= 0.3 is 76.5 Å². The molecule has 0 radical (unpaired) electrons. The molecule has 0 bridgehead atoms. The van der Waals surface area contributed by atoms with Crippen LogP contribution in [0.5, 0.6) is 0 Å². The van der Waals surface area contributed by atoms with Crippen molar-refractivity contribution in [2.75, 3.05) is 0 Å². The molecule has 1 aromatic rings. The van der Waals surface area contributed by atoms with Crippen LogP contribution < -0.4 is 4.40 Å². The van der Waals surface area contributed by atoms with E-state index in [-0.39, 0.29) is 6.61 Å². The Hall–Kier alpha value is -0.277. The first-order valence-corrected chi connectivity index (χ1v) is 11.6. The fraction of sp³-hybridized carbons (Fsp3) is 0.400. The standard InChI is InChI=1S/C10H16GeO/c1-11(2,3)10-6-4-9(8-12)5-7-10/h4-7,12H,8H2,1-3H3. The third-order valence-corrected chi connectivity index (χ3v) is 6.34. The van der Waals surface area contributed by atoms with Gasteiger partial charge in [0.15, 0.2) is 0 Å². The Balaban J connectivity index is 2.93. The summed E-state index contributed by atoms with van der Waals surface area (Å²) in [5.74, 6) is 7.11. The molecule has 0 saturated carbocycles. The van der Waals surface area contributed by atoms with Gasteiger partial charge < -0.3 is 0 Å². The molecule has 0 aromatic heterocycles. The number of aliphatic hydroxyl groups is 1. The minimum absolute atomic E-state index is 0.150. The van der Waals surface area contributed by atoms with Crippen molar-refractivity contribution in [3.05, 3.63) is 29.8 Å². The van der Waals surface area contributed by atoms with E-state index >= 15 is 0 Å². The molecule has 0 aliphatic rings. The maximum atomic E-state index is 8.85. The van der Waals surface area contributed by atoms with Gasteiger partial charge in [-0.2, -0.15) is 0 Å². The first kappa shape index (κ1) is 9.81. The molecule has 1 rings (SSSR count). The van der Waals surface area contributed by atoms with Crippen LogP contribution >= 0.6 is 0 Å². The van der Waals surface area contributed by atoms with E-state index in [4.69, 9.17) is 5.11 Å². The van der Waals surface area contributed by atoms with Gasteiger partial charge in [-0.15, -0.1) is 0 Å². The number of hydrogen-bond acceptors (Lipinski definition) is 1. The fourth-order valence-corrected chi connectivity index (χ4v) is 3.56. The molecular formula is C10H16GeO. The zero-order valence-corrected chi connectivity index (χ0v) is 10.1. The Morgan fingerprint density at radius 3 is 1.92 bits per heavy atom. The van der Waals surface area contributed by atoms with Gasteiger partial charge in [0.1, 0.15) is 0 Å². The van der Waals surface area contributed by atoms with Crippen molar-refractivity contribution in [1.29, 1.82) is 0 Å². The van der Waals surface area contributed by atoms with Crippen LogP contribution in [0.2, 0.25) is 17.3 Å². The average Bonchev–Trinajstić information content (AvgIpc) is 2.03. The molecule has 0 aliphatic heterocycles. The van der Waals surface area contributed by atoms with E-state index in [1.807, 2.05) is 12.1 Å². The van der Waals surface area contributed by atoms with Crippen LogP contribution in [-0.2, 0) is 6.61 Å². The van der Waals surface area contributed by atoms with Crippen molar-refractivity contribution in [2.45, 2.75) is 23.9 Å². The third-order valence-electron chi connectivity index (χ3n) is 2.00. The molecule has 1 nitrogen and oxygen atoms in total. The van der Waals surface area contributed by atoms with Gasteiger partial charge in [0.2, 0.25) is 0 Å². The van der Waals surface area contributed by atoms with Gasteiger partial charge in [0.05, 0.1) is 0 Å². The van der Waals surface area contributed by atoms with Crippen molar-refractivity contribution in [3.63, 3.8) is 0 Å². The first-order chi connectivity index (χ1) is 5.54. The predicted octanol–water partition coefficient (Wildman–Crippen LogP) is 1.72. The molecule has 12 heavy (non-hydrogen) atoms. The predicted molar refractivity (Wildman–Crippen MR) is 55.3 cm³/mol. The van der Waals surface area contributed by atoms with Gasteiger partial charge in [-0.25, -0.2) is 0 Å². The molecule has 66 valence electrons. The zero-order valence-electron chi connectivity index (χ0n) is 7.96. The maximum absolute atomic E-state index is 8.85. The summed E-state index contributed by atoms with van der Waals surface area (Å²) in [5.41, 5.74) is 1.01. The van der Waals surface area contributed by atoms with E-state index in [2.05, 4.69) is 29.4 Å². The van der Waals surface area contributed by atoms with Gasteiger partial charge in [0, 0.05) is 0 Å². The van der Waals surface area contributed by atoms with Crippen LogP contribution in [0.1, 0.15) is 5.56 Å². The van der Waals surface area contributed by atoms with Crippen LogP contribution in [0.15, 0.2) is 24.3 Å².